The molecule has 2 rings (SSSR count). The number of benzene rings is 1. The first-order valence-corrected chi connectivity index (χ1v) is 5.62. The average molecular weight is 245 g/mol. The van der Waals surface area contributed by atoms with E-state index in [1.54, 1.807) is 13.2 Å². The summed E-state index contributed by atoms with van der Waals surface area (Å²) in [6.45, 7) is -0.0175. The highest BCUT2D eigenvalue weighted by molar-refractivity contribution is 5.40. The number of hydrogen-bond acceptors (Lipinski definition) is 5. The van der Waals surface area contributed by atoms with Gasteiger partial charge in [-0.15, -0.1) is 0 Å². The van der Waals surface area contributed by atoms with E-state index in [1.807, 2.05) is 30.3 Å². The van der Waals surface area contributed by atoms with E-state index in [9.17, 15) is 5.11 Å². The Kier molecular flexibility index (Phi) is 4.09. The predicted molar refractivity (Wildman–Crippen MR) is 68.5 cm³/mol. The van der Waals surface area contributed by atoms with Gasteiger partial charge in [0, 0.05) is 6.07 Å². The number of rotatable bonds is 5. The molecule has 94 valence electrons. The molecule has 1 heterocycles. The number of nitrogens with one attached hydrogen (secondary N) is 1. The second kappa shape index (κ2) is 5.97. The van der Waals surface area contributed by atoms with Crippen LogP contribution in [0.2, 0.25) is 0 Å². The van der Waals surface area contributed by atoms with Crippen molar-refractivity contribution in [2.45, 2.75) is 6.04 Å². The highest BCUT2D eigenvalue weighted by atomic mass is 16.5. The standard InChI is InChI=1S/C13H15N3O2/c1-18-13-7-12(14-9-15-13)16-11(8-17)10-5-3-2-4-6-10/h2-7,9,11,17H,8H2,1H3,(H,14,15,16). The van der Waals surface area contributed by atoms with E-state index in [-0.39, 0.29) is 12.6 Å². The lowest BCUT2D eigenvalue weighted by Crippen LogP contribution is -2.15. The Morgan fingerprint density at radius 2 is 2.06 bits per heavy atom. The maximum atomic E-state index is 9.43. The third-order valence-electron chi connectivity index (χ3n) is 2.56. The molecule has 5 nitrogen and oxygen atoms in total. The molecule has 0 saturated heterocycles. The summed E-state index contributed by atoms with van der Waals surface area (Å²) in [5, 5.41) is 12.6. The molecule has 2 N–H and O–H groups in total. The van der Waals surface area contributed by atoms with Crippen LogP contribution in [0.3, 0.4) is 0 Å². The summed E-state index contributed by atoms with van der Waals surface area (Å²) in [4.78, 5) is 8.02. The molecule has 1 atom stereocenters. The van der Waals surface area contributed by atoms with Gasteiger partial charge in [0.25, 0.3) is 0 Å². The zero-order valence-corrected chi connectivity index (χ0v) is 10.1. The first-order chi connectivity index (χ1) is 8.83. The summed E-state index contributed by atoms with van der Waals surface area (Å²) in [6.07, 6.45) is 1.42. The highest BCUT2D eigenvalue weighted by Crippen LogP contribution is 2.19. The van der Waals surface area contributed by atoms with Gasteiger partial charge in [0.1, 0.15) is 12.1 Å². The lowest BCUT2D eigenvalue weighted by Gasteiger charge is -2.17. The van der Waals surface area contributed by atoms with Crippen molar-refractivity contribution in [2.24, 2.45) is 0 Å². The Morgan fingerprint density at radius 1 is 1.28 bits per heavy atom. The molecule has 1 aromatic carbocycles. The van der Waals surface area contributed by atoms with Gasteiger partial charge in [-0.05, 0) is 5.56 Å². The first-order valence-electron chi connectivity index (χ1n) is 5.62. The van der Waals surface area contributed by atoms with Gasteiger partial charge in [0.15, 0.2) is 0 Å². The second-order valence-corrected chi connectivity index (χ2v) is 3.74. The minimum Gasteiger partial charge on any atom is -0.481 e. The second-order valence-electron chi connectivity index (χ2n) is 3.74. The van der Waals surface area contributed by atoms with Gasteiger partial charge in [-0.2, -0.15) is 0 Å². The Hall–Kier alpha value is -2.14. The third-order valence-corrected chi connectivity index (χ3v) is 2.56. The van der Waals surface area contributed by atoms with Crippen molar-refractivity contribution in [2.75, 3.05) is 19.0 Å². The van der Waals surface area contributed by atoms with Crippen LogP contribution < -0.4 is 10.1 Å². The van der Waals surface area contributed by atoms with Crippen LogP contribution in [0.25, 0.3) is 0 Å². The van der Waals surface area contributed by atoms with Crippen molar-refractivity contribution >= 4 is 5.82 Å². The molecule has 0 amide bonds. The van der Waals surface area contributed by atoms with Crippen LogP contribution in [0.5, 0.6) is 5.88 Å². The number of nitrogens with zero attached hydrogens (tertiary/aromatic N) is 2. The molecule has 5 heteroatoms. The smallest absolute Gasteiger partial charge is 0.218 e. The summed E-state index contributed by atoms with van der Waals surface area (Å²) in [6, 6.07) is 11.2. The predicted octanol–water partition coefficient (Wildman–Crippen LogP) is 1.63. The van der Waals surface area contributed by atoms with Gasteiger partial charge in [-0.1, -0.05) is 30.3 Å². The van der Waals surface area contributed by atoms with E-state index in [0.29, 0.717) is 11.7 Å². The third kappa shape index (κ3) is 2.95. The van der Waals surface area contributed by atoms with Gasteiger partial charge in [-0.3, -0.25) is 0 Å². The number of aliphatic hydroxyl groups excluding tert-OH is 1. The summed E-state index contributed by atoms with van der Waals surface area (Å²) < 4.78 is 5.02. The SMILES string of the molecule is COc1cc(NC(CO)c2ccccc2)ncn1. The maximum Gasteiger partial charge on any atom is 0.218 e. The van der Waals surface area contributed by atoms with Crippen LogP contribution in [-0.4, -0.2) is 28.8 Å². The lowest BCUT2D eigenvalue weighted by atomic mass is 10.1. The van der Waals surface area contributed by atoms with E-state index >= 15 is 0 Å². The maximum absolute atomic E-state index is 9.43. The summed E-state index contributed by atoms with van der Waals surface area (Å²) >= 11 is 0. The van der Waals surface area contributed by atoms with E-state index in [2.05, 4.69) is 15.3 Å². The molecular formula is C13H15N3O2. The molecule has 2 aromatic rings. The summed E-state index contributed by atoms with van der Waals surface area (Å²) in [5.41, 5.74) is 0.998. The monoisotopic (exact) mass is 245 g/mol. The molecule has 0 aliphatic heterocycles. The molecule has 18 heavy (non-hydrogen) atoms. The first kappa shape index (κ1) is 12.3. The fraction of sp³-hybridized carbons (Fsp3) is 0.231. The minimum absolute atomic E-state index is 0.0175. The Bertz CT molecular complexity index is 491. The molecule has 0 fully saturated rings. The van der Waals surface area contributed by atoms with Gasteiger partial charge < -0.3 is 15.2 Å². The Morgan fingerprint density at radius 3 is 2.72 bits per heavy atom. The molecule has 0 aliphatic carbocycles. The van der Waals surface area contributed by atoms with E-state index < -0.39 is 0 Å². The van der Waals surface area contributed by atoms with Crippen molar-refractivity contribution in [3.63, 3.8) is 0 Å². The molecule has 1 unspecified atom stereocenters. The minimum atomic E-state index is -0.203. The van der Waals surface area contributed by atoms with Gasteiger partial charge in [-0.25, -0.2) is 9.97 Å². The van der Waals surface area contributed by atoms with Crippen LogP contribution >= 0.6 is 0 Å². The zero-order valence-electron chi connectivity index (χ0n) is 10.1. The number of hydrogen-bond donors (Lipinski definition) is 2. The molecule has 0 bridgehead atoms. The fourth-order valence-electron chi connectivity index (χ4n) is 1.63. The van der Waals surface area contributed by atoms with Crippen molar-refractivity contribution < 1.29 is 9.84 Å². The quantitative estimate of drug-likeness (QED) is 0.838. The molecule has 0 saturated carbocycles. The average Bonchev–Trinajstić information content (AvgIpc) is 2.46. The van der Waals surface area contributed by atoms with E-state index in [4.69, 9.17) is 4.74 Å². The number of ether oxygens (including phenoxy) is 1. The van der Waals surface area contributed by atoms with Crippen LogP contribution in [0, 0.1) is 0 Å². The van der Waals surface area contributed by atoms with Gasteiger partial charge >= 0.3 is 0 Å². The van der Waals surface area contributed by atoms with E-state index in [1.165, 1.54) is 6.33 Å². The zero-order chi connectivity index (χ0) is 12.8. The largest absolute Gasteiger partial charge is 0.481 e. The van der Waals surface area contributed by atoms with Crippen molar-refractivity contribution in [3.05, 3.63) is 48.3 Å². The molecule has 0 spiro atoms. The number of methoxy groups -OCH3 is 1. The van der Waals surface area contributed by atoms with Crippen molar-refractivity contribution in [1.82, 2.24) is 9.97 Å². The Balaban J connectivity index is 2.15. The van der Waals surface area contributed by atoms with Crippen molar-refractivity contribution in [1.29, 1.82) is 0 Å². The van der Waals surface area contributed by atoms with Gasteiger partial charge in [0.2, 0.25) is 5.88 Å². The van der Waals surface area contributed by atoms with Crippen LogP contribution in [0.1, 0.15) is 11.6 Å². The van der Waals surface area contributed by atoms with Crippen LogP contribution in [-0.2, 0) is 0 Å². The fourth-order valence-corrected chi connectivity index (χ4v) is 1.63. The molecule has 1 aromatic heterocycles. The van der Waals surface area contributed by atoms with Crippen LogP contribution in [0.4, 0.5) is 5.82 Å². The van der Waals surface area contributed by atoms with Crippen molar-refractivity contribution in [3.8, 4) is 5.88 Å². The molecule has 0 radical (unpaired) electrons. The molecular weight excluding hydrogens is 230 g/mol. The normalized spacial score (nSPS) is 11.9. The topological polar surface area (TPSA) is 67.3 Å². The van der Waals surface area contributed by atoms with Crippen LogP contribution in [0.15, 0.2) is 42.7 Å². The summed E-state index contributed by atoms with van der Waals surface area (Å²) in [5.74, 6) is 1.10. The molecule has 0 aliphatic rings. The van der Waals surface area contributed by atoms with E-state index in [0.717, 1.165) is 5.56 Å². The lowest BCUT2D eigenvalue weighted by molar-refractivity contribution is 0.276. The number of anilines is 1. The van der Waals surface area contributed by atoms with Gasteiger partial charge in [0.05, 0.1) is 19.8 Å². The highest BCUT2D eigenvalue weighted by Gasteiger charge is 2.10. The number of aromatic nitrogens is 2. The number of aliphatic hydroxyl groups is 1. The Labute approximate surface area is 105 Å². The summed E-state index contributed by atoms with van der Waals surface area (Å²) in [7, 11) is 1.55.